The number of nitrogens with one attached hydrogen (secondary N) is 1. The summed E-state index contributed by atoms with van der Waals surface area (Å²) in [5, 5.41) is 7.17. The number of carbonyl (C=O) groups is 1. The van der Waals surface area contributed by atoms with Crippen molar-refractivity contribution < 1.29 is 4.79 Å². The highest BCUT2D eigenvalue weighted by Crippen LogP contribution is 2.15. The molecule has 1 amide bonds. The number of nitrogens with two attached hydrogens (primary N) is 1. The number of hydrogen-bond acceptors (Lipinski definition) is 3. The average molecular weight is 323 g/mol. The maximum Gasteiger partial charge on any atom is 0.220 e. The van der Waals surface area contributed by atoms with Crippen molar-refractivity contribution in [3.05, 3.63) is 48.3 Å². The Morgan fingerprint density at radius 1 is 1.32 bits per heavy atom. The second-order valence-corrected chi connectivity index (χ2v) is 5.35. The minimum absolute atomic E-state index is 0. The summed E-state index contributed by atoms with van der Waals surface area (Å²) in [6.45, 7) is 3.89. The van der Waals surface area contributed by atoms with Gasteiger partial charge in [0.1, 0.15) is 0 Å². The maximum absolute atomic E-state index is 11.8. The van der Waals surface area contributed by atoms with E-state index in [0.717, 1.165) is 11.3 Å². The van der Waals surface area contributed by atoms with Gasteiger partial charge in [-0.25, -0.2) is 4.68 Å². The van der Waals surface area contributed by atoms with Gasteiger partial charge in [-0.1, -0.05) is 12.1 Å². The SMILES string of the molecule is CC(N)CCC(=O)NC(C)c1ccc(-n2cccn2)cc1.Cl. The van der Waals surface area contributed by atoms with E-state index in [1.54, 1.807) is 10.9 Å². The van der Waals surface area contributed by atoms with Crippen LogP contribution < -0.4 is 11.1 Å². The third kappa shape index (κ3) is 5.16. The van der Waals surface area contributed by atoms with Crippen LogP contribution in [0.1, 0.15) is 38.3 Å². The molecule has 2 rings (SSSR count). The van der Waals surface area contributed by atoms with E-state index in [2.05, 4.69) is 10.4 Å². The van der Waals surface area contributed by atoms with Crippen LogP contribution in [0, 0.1) is 0 Å². The molecule has 0 aliphatic carbocycles. The Morgan fingerprint density at radius 2 is 2.00 bits per heavy atom. The second kappa shape index (κ2) is 8.56. The molecule has 1 aromatic heterocycles. The van der Waals surface area contributed by atoms with Gasteiger partial charge in [-0.05, 0) is 44.0 Å². The second-order valence-electron chi connectivity index (χ2n) is 5.35. The number of nitrogens with zero attached hydrogens (tertiary/aromatic N) is 2. The van der Waals surface area contributed by atoms with E-state index in [4.69, 9.17) is 5.73 Å². The Morgan fingerprint density at radius 3 is 2.55 bits per heavy atom. The van der Waals surface area contributed by atoms with Crippen molar-refractivity contribution in [3.63, 3.8) is 0 Å². The van der Waals surface area contributed by atoms with Crippen molar-refractivity contribution in [3.8, 4) is 5.69 Å². The number of carbonyl (C=O) groups excluding carboxylic acids is 1. The van der Waals surface area contributed by atoms with E-state index in [0.29, 0.717) is 12.8 Å². The summed E-state index contributed by atoms with van der Waals surface area (Å²) in [7, 11) is 0. The molecule has 0 spiro atoms. The lowest BCUT2D eigenvalue weighted by Crippen LogP contribution is -2.28. The van der Waals surface area contributed by atoms with Crippen molar-refractivity contribution in [1.29, 1.82) is 0 Å². The molecule has 6 heteroatoms. The van der Waals surface area contributed by atoms with Crippen LogP contribution >= 0.6 is 12.4 Å². The van der Waals surface area contributed by atoms with Crippen LogP contribution in [-0.2, 0) is 4.79 Å². The maximum atomic E-state index is 11.8. The lowest BCUT2D eigenvalue weighted by molar-refractivity contribution is -0.121. The van der Waals surface area contributed by atoms with Gasteiger partial charge in [0.05, 0.1) is 11.7 Å². The van der Waals surface area contributed by atoms with Crippen LogP contribution in [0.4, 0.5) is 0 Å². The predicted molar refractivity (Wildman–Crippen MR) is 90.3 cm³/mol. The standard InChI is InChI=1S/C16H22N4O.ClH/c1-12(17)4-9-16(21)19-13(2)14-5-7-15(8-6-14)20-11-3-10-18-20;/h3,5-8,10-13H,4,9,17H2,1-2H3,(H,19,21);1H. The number of benzene rings is 1. The van der Waals surface area contributed by atoms with E-state index in [9.17, 15) is 4.79 Å². The van der Waals surface area contributed by atoms with Gasteiger partial charge < -0.3 is 11.1 Å². The molecule has 2 atom stereocenters. The highest BCUT2D eigenvalue weighted by atomic mass is 35.5. The van der Waals surface area contributed by atoms with E-state index in [1.165, 1.54) is 0 Å². The topological polar surface area (TPSA) is 72.9 Å². The zero-order valence-electron chi connectivity index (χ0n) is 12.9. The molecule has 1 aromatic carbocycles. The van der Waals surface area contributed by atoms with Gasteiger partial charge in [-0.3, -0.25) is 4.79 Å². The molecular weight excluding hydrogens is 300 g/mol. The predicted octanol–water partition coefficient (Wildman–Crippen LogP) is 2.60. The molecule has 2 unspecified atom stereocenters. The molecule has 1 heterocycles. The third-order valence-electron chi connectivity index (χ3n) is 3.37. The van der Waals surface area contributed by atoms with Gasteiger partial charge in [-0.15, -0.1) is 12.4 Å². The number of rotatable bonds is 6. The van der Waals surface area contributed by atoms with Crippen molar-refractivity contribution >= 4 is 18.3 Å². The van der Waals surface area contributed by atoms with E-state index >= 15 is 0 Å². The van der Waals surface area contributed by atoms with Crippen LogP contribution in [0.3, 0.4) is 0 Å². The first-order chi connectivity index (χ1) is 10.1. The minimum atomic E-state index is -0.0164. The molecule has 120 valence electrons. The van der Waals surface area contributed by atoms with E-state index in [1.807, 2.05) is 50.4 Å². The fraction of sp³-hybridized carbons (Fsp3) is 0.375. The zero-order valence-corrected chi connectivity index (χ0v) is 13.7. The quantitative estimate of drug-likeness (QED) is 0.858. The van der Waals surface area contributed by atoms with Crippen LogP contribution in [0.2, 0.25) is 0 Å². The fourth-order valence-electron chi connectivity index (χ4n) is 2.09. The van der Waals surface area contributed by atoms with Gasteiger partial charge in [0.25, 0.3) is 0 Å². The Labute approximate surface area is 137 Å². The first kappa shape index (κ1) is 18.2. The van der Waals surface area contributed by atoms with Gasteiger partial charge in [-0.2, -0.15) is 5.10 Å². The average Bonchev–Trinajstić information content (AvgIpc) is 2.99. The van der Waals surface area contributed by atoms with Gasteiger partial charge in [0, 0.05) is 24.9 Å². The summed E-state index contributed by atoms with van der Waals surface area (Å²) in [5.74, 6) is 0.0379. The summed E-state index contributed by atoms with van der Waals surface area (Å²) < 4.78 is 1.80. The molecule has 3 N–H and O–H groups in total. The smallest absolute Gasteiger partial charge is 0.220 e. The van der Waals surface area contributed by atoms with Crippen LogP contribution in [0.5, 0.6) is 0 Å². The molecule has 0 aliphatic heterocycles. The Kier molecular flexibility index (Phi) is 7.08. The van der Waals surface area contributed by atoms with Gasteiger partial charge >= 0.3 is 0 Å². The van der Waals surface area contributed by atoms with Crippen LogP contribution in [0.15, 0.2) is 42.7 Å². The van der Waals surface area contributed by atoms with Crippen LogP contribution in [0.25, 0.3) is 5.69 Å². The number of halogens is 1. The normalized spacial score (nSPS) is 13.0. The number of hydrogen-bond donors (Lipinski definition) is 2. The highest BCUT2D eigenvalue weighted by Gasteiger charge is 2.10. The first-order valence-electron chi connectivity index (χ1n) is 7.21. The van der Waals surface area contributed by atoms with Crippen molar-refractivity contribution in [2.24, 2.45) is 5.73 Å². The Balaban J connectivity index is 0.00000242. The molecule has 0 bridgehead atoms. The van der Waals surface area contributed by atoms with Crippen molar-refractivity contribution in [1.82, 2.24) is 15.1 Å². The Bertz CT molecular complexity index is 566. The van der Waals surface area contributed by atoms with Crippen molar-refractivity contribution in [2.75, 3.05) is 0 Å². The summed E-state index contributed by atoms with van der Waals surface area (Å²) in [5.41, 5.74) is 7.73. The monoisotopic (exact) mass is 322 g/mol. The number of amides is 1. The molecule has 2 aromatic rings. The molecule has 5 nitrogen and oxygen atoms in total. The van der Waals surface area contributed by atoms with Gasteiger partial charge in [0.2, 0.25) is 5.91 Å². The van der Waals surface area contributed by atoms with Crippen molar-refractivity contribution in [2.45, 2.75) is 38.8 Å². The fourth-order valence-corrected chi connectivity index (χ4v) is 2.09. The minimum Gasteiger partial charge on any atom is -0.350 e. The molecule has 0 saturated carbocycles. The summed E-state index contributed by atoms with van der Waals surface area (Å²) in [6.07, 6.45) is 4.81. The van der Waals surface area contributed by atoms with E-state index in [-0.39, 0.29) is 30.4 Å². The third-order valence-corrected chi connectivity index (χ3v) is 3.37. The summed E-state index contributed by atoms with van der Waals surface area (Å²) >= 11 is 0. The van der Waals surface area contributed by atoms with Crippen LogP contribution in [-0.4, -0.2) is 21.7 Å². The highest BCUT2D eigenvalue weighted by molar-refractivity contribution is 5.85. The summed E-state index contributed by atoms with van der Waals surface area (Å²) in [4.78, 5) is 11.8. The largest absolute Gasteiger partial charge is 0.350 e. The molecular formula is C16H23ClN4O. The molecule has 0 radical (unpaired) electrons. The molecule has 0 fully saturated rings. The first-order valence-corrected chi connectivity index (χ1v) is 7.21. The molecule has 0 aliphatic rings. The lowest BCUT2D eigenvalue weighted by Gasteiger charge is -2.15. The van der Waals surface area contributed by atoms with Gasteiger partial charge in [0.15, 0.2) is 0 Å². The molecule has 0 saturated heterocycles. The Hall–Kier alpha value is -1.85. The molecule has 22 heavy (non-hydrogen) atoms. The summed E-state index contributed by atoms with van der Waals surface area (Å²) in [6, 6.07) is 9.92. The number of aromatic nitrogens is 2. The lowest BCUT2D eigenvalue weighted by atomic mass is 10.1. The zero-order chi connectivity index (χ0) is 15.2. The van der Waals surface area contributed by atoms with E-state index < -0.39 is 0 Å².